The minimum absolute atomic E-state index is 0.0536. The Morgan fingerprint density at radius 3 is 2.25 bits per heavy atom. The van der Waals surface area contributed by atoms with Crippen LogP contribution in [0, 0.1) is 0 Å². The largest absolute Gasteiger partial charge is 0.379 e. The van der Waals surface area contributed by atoms with E-state index in [2.05, 4.69) is 15.9 Å². The Bertz CT molecular complexity index is 1080. The number of hydrogen-bond acceptors (Lipinski definition) is 4. The quantitative estimate of drug-likeness (QED) is 0.351. The second-order valence-corrected chi connectivity index (χ2v) is 8.72. The maximum Gasteiger partial charge on any atom is 0.339 e. The van der Waals surface area contributed by atoms with Crippen molar-refractivity contribution in [2.45, 2.75) is 24.7 Å². The topological polar surface area (TPSA) is 60.4 Å². The molecule has 0 aliphatic carbocycles. The summed E-state index contributed by atoms with van der Waals surface area (Å²) in [7, 11) is -4.01. The molecule has 0 fully saturated rings. The van der Waals surface area contributed by atoms with Gasteiger partial charge in [0.05, 0.1) is 0 Å². The van der Waals surface area contributed by atoms with Gasteiger partial charge in [-0.3, -0.25) is 4.79 Å². The lowest BCUT2D eigenvalue weighted by Gasteiger charge is -2.13. The van der Waals surface area contributed by atoms with Crippen LogP contribution in [0.5, 0.6) is 5.75 Å². The van der Waals surface area contributed by atoms with Crippen LogP contribution in [-0.4, -0.2) is 14.2 Å². The van der Waals surface area contributed by atoms with E-state index in [4.69, 9.17) is 4.18 Å². The minimum atomic E-state index is -4.01. The fraction of sp³-hybridized carbons (Fsp3) is 0.136. The van der Waals surface area contributed by atoms with Crippen molar-refractivity contribution in [2.75, 3.05) is 0 Å². The van der Waals surface area contributed by atoms with E-state index in [1.54, 1.807) is 48.5 Å². The standard InChI is InChI=1S/C22H19BrO4S/c1-2-6-16-9-10-18(22(24)17-7-4-3-5-8-17)15-21(16)27-28(25,26)20-13-11-19(23)12-14-20/h3-5,7-15H,2,6H2,1H3. The number of rotatable bonds is 7. The molecule has 3 aromatic carbocycles. The van der Waals surface area contributed by atoms with Crippen molar-refractivity contribution in [3.8, 4) is 5.75 Å². The van der Waals surface area contributed by atoms with Crippen LogP contribution >= 0.6 is 15.9 Å². The van der Waals surface area contributed by atoms with Gasteiger partial charge in [-0.2, -0.15) is 8.42 Å². The first-order valence-corrected chi connectivity index (χ1v) is 11.0. The smallest absolute Gasteiger partial charge is 0.339 e. The number of carbonyl (C=O) groups excluding carboxylic acids is 1. The van der Waals surface area contributed by atoms with Crippen LogP contribution in [0.3, 0.4) is 0 Å². The zero-order valence-electron chi connectivity index (χ0n) is 15.3. The molecule has 0 amide bonds. The summed E-state index contributed by atoms with van der Waals surface area (Å²) in [6, 6.07) is 20.0. The monoisotopic (exact) mass is 458 g/mol. The van der Waals surface area contributed by atoms with E-state index >= 15 is 0 Å². The molecular weight excluding hydrogens is 440 g/mol. The van der Waals surface area contributed by atoms with Gasteiger partial charge in [-0.15, -0.1) is 0 Å². The van der Waals surface area contributed by atoms with Gasteiger partial charge in [0.15, 0.2) is 5.78 Å². The second-order valence-electron chi connectivity index (χ2n) is 6.26. The maximum absolute atomic E-state index is 12.7. The van der Waals surface area contributed by atoms with Crippen molar-refractivity contribution < 1.29 is 17.4 Å². The molecule has 0 radical (unpaired) electrons. The van der Waals surface area contributed by atoms with Gasteiger partial charge in [0.2, 0.25) is 0 Å². The fourth-order valence-electron chi connectivity index (χ4n) is 2.77. The van der Waals surface area contributed by atoms with Crippen LogP contribution in [0.25, 0.3) is 0 Å². The predicted octanol–water partition coefficient (Wildman–Crippen LogP) is 5.40. The number of halogens is 1. The third-order valence-corrected chi connectivity index (χ3v) is 5.96. The molecule has 0 aromatic heterocycles. The highest BCUT2D eigenvalue weighted by molar-refractivity contribution is 9.10. The minimum Gasteiger partial charge on any atom is -0.379 e. The van der Waals surface area contributed by atoms with Crippen molar-refractivity contribution >= 4 is 31.8 Å². The highest BCUT2D eigenvalue weighted by atomic mass is 79.9. The normalized spacial score (nSPS) is 11.2. The molecule has 0 aliphatic heterocycles. The second kappa shape index (κ2) is 8.71. The lowest BCUT2D eigenvalue weighted by atomic mass is 10.00. The van der Waals surface area contributed by atoms with E-state index in [0.717, 1.165) is 16.5 Å². The van der Waals surface area contributed by atoms with Crippen LogP contribution in [-0.2, 0) is 16.5 Å². The summed E-state index contributed by atoms with van der Waals surface area (Å²) < 4.78 is 31.6. The SMILES string of the molecule is CCCc1ccc(C(=O)c2ccccc2)cc1OS(=O)(=O)c1ccc(Br)cc1. The Labute approximate surface area is 173 Å². The van der Waals surface area contributed by atoms with E-state index in [-0.39, 0.29) is 16.4 Å². The Kier molecular flexibility index (Phi) is 6.31. The number of aryl methyl sites for hydroxylation is 1. The Morgan fingerprint density at radius 1 is 0.929 bits per heavy atom. The van der Waals surface area contributed by atoms with Crippen LogP contribution in [0.15, 0.2) is 82.2 Å². The molecule has 28 heavy (non-hydrogen) atoms. The van der Waals surface area contributed by atoms with Crippen molar-refractivity contribution in [1.29, 1.82) is 0 Å². The number of carbonyl (C=O) groups is 1. The van der Waals surface area contributed by atoms with Crippen LogP contribution in [0.1, 0.15) is 34.8 Å². The molecule has 0 unspecified atom stereocenters. The summed E-state index contributed by atoms with van der Waals surface area (Å²) in [5, 5.41) is 0. The zero-order valence-corrected chi connectivity index (χ0v) is 17.7. The maximum atomic E-state index is 12.7. The molecule has 6 heteroatoms. The Balaban J connectivity index is 1.98. The summed E-state index contributed by atoms with van der Waals surface area (Å²) in [5.74, 6) is 0.00101. The van der Waals surface area contributed by atoms with Crippen molar-refractivity contribution in [1.82, 2.24) is 0 Å². The lowest BCUT2D eigenvalue weighted by Crippen LogP contribution is -2.12. The third-order valence-electron chi connectivity index (χ3n) is 4.19. The zero-order chi connectivity index (χ0) is 20.1. The summed E-state index contributed by atoms with van der Waals surface area (Å²) in [5.41, 5.74) is 1.66. The third kappa shape index (κ3) is 4.69. The van der Waals surface area contributed by atoms with Gasteiger partial charge in [-0.1, -0.05) is 71.7 Å². The van der Waals surface area contributed by atoms with E-state index in [9.17, 15) is 13.2 Å². The Hall–Kier alpha value is -2.44. The highest BCUT2D eigenvalue weighted by Gasteiger charge is 2.20. The summed E-state index contributed by atoms with van der Waals surface area (Å²) >= 11 is 3.29. The molecule has 0 spiro atoms. The van der Waals surface area contributed by atoms with E-state index in [0.29, 0.717) is 17.5 Å². The molecule has 3 aromatic rings. The first-order valence-electron chi connectivity index (χ1n) is 8.83. The van der Waals surface area contributed by atoms with Gasteiger partial charge in [-0.25, -0.2) is 0 Å². The number of ketones is 1. The number of hydrogen-bond donors (Lipinski definition) is 0. The van der Waals surface area contributed by atoms with Gasteiger partial charge in [0, 0.05) is 15.6 Å². The first-order chi connectivity index (χ1) is 13.4. The molecular formula is C22H19BrO4S. The summed E-state index contributed by atoms with van der Waals surface area (Å²) in [6.07, 6.45) is 1.46. The van der Waals surface area contributed by atoms with E-state index < -0.39 is 10.1 Å². The average Bonchev–Trinajstić information content (AvgIpc) is 2.69. The Morgan fingerprint density at radius 2 is 1.61 bits per heavy atom. The summed E-state index contributed by atoms with van der Waals surface area (Å²) in [6.45, 7) is 2.00. The van der Waals surface area contributed by atoms with Crippen LogP contribution in [0.4, 0.5) is 0 Å². The van der Waals surface area contributed by atoms with E-state index in [1.165, 1.54) is 18.2 Å². The number of benzene rings is 3. The molecule has 3 rings (SSSR count). The van der Waals surface area contributed by atoms with Crippen molar-refractivity contribution in [3.05, 3.63) is 94.0 Å². The van der Waals surface area contributed by atoms with E-state index in [1.807, 2.05) is 13.0 Å². The highest BCUT2D eigenvalue weighted by Crippen LogP contribution is 2.27. The van der Waals surface area contributed by atoms with Gasteiger partial charge in [0.25, 0.3) is 0 Å². The average molecular weight is 459 g/mol. The fourth-order valence-corrected chi connectivity index (χ4v) is 3.99. The molecule has 0 aliphatic rings. The molecule has 0 bridgehead atoms. The van der Waals surface area contributed by atoms with Gasteiger partial charge >= 0.3 is 10.1 Å². The molecule has 0 saturated carbocycles. The van der Waals surface area contributed by atoms with Gasteiger partial charge in [0.1, 0.15) is 10.6 Å². The first kappa shape index (κ1) is 20.3. The molecule has 0 saturated heterocycles. The van der Waals surface area contributed by atoms with Crippen molar-refractivity contribution in [3.63, 3.8) is 0 Å². The molecule has 0 heterocycles. The van der Waals surface area contributed by atoms with Crippen LogP contribution < -0.4 is 4.18 Å². The molecule has 0 N–H and O–H groups in total. The summed E-state index contributed by atoms with van der Waals surface area (Å²) in [4.78, 5) is 12.8. The lowest BCUT2D eigenvalue weighted by molar-refractivity contribution is 0.103. The molecule has 144 valence electrons. The van der Waals surface area contributed by atoms with Crippen molar-refractivity contribution in [2.24, 2.45) is 0 Å². The van der Waals surface area contributed by atoms with Gasteiger partial charge < -0.3 is 4.18 Å². The molecule has 0 atom stereocenters. The van der Waals surface area contributed by atoms with Crippen LogP contribution in [0.2, 0.25) is 0 Å². The van der Waals surface area contributed by atoms with Gasteiger partial charge in [-0.05, 0) is 42.3 Å². The predicted molar refractivity (Wildman–Crippen MR) is 112 cm³/mol. The molecule has 4 nitrogen and oxygen atoms in total.